The maximum atomic E-state index is 12.5. The highest BCUT2D eigenvalue weighted by molar-refractivity contribution is 7.91. The molecule has 0 bridgehead atoms. The van der Waals surface area contributed by atoms with E-state index < -0.39 is 26.5 Å². The van der Waals surface area contributed by atoms with E-state index >= 15 is 0 Å². The molecule has 8 nitrogen and oxygen atoms in total. The van der Waals surface area contributed by atoms with Gasteiger partial charge in [0.15, 0.2) is 0 Å². The van der Waals surface area contributed by atoms with Crippen LogP contribution in [0, 0.1) is 0 Å². The molecule has 0 saturated heterocycles. The first-order valence-corrected chi connectivity index (χ1v) is 11.0. The van der Waals surface area contributed by atoms with Crippen LogP contribution < -0.4 is 16.2 Å². The van der Waals surface area contributed by atoms with E-state index in [1.165, 1.54) is 42.7 Å². The van der Waals surface area contributed by atoms with Gasteiger partial charge in [-0.1, -0.05) is 30.6 Å². The third-order valence-electron chi connectivity index (χ3n) is 4.35. The van der Waals surface area contributed by atoms with Gasteiger partial charge in [0.05, 0.1) is 10.6 Å². The highest BCUT2D eigenvalue weighted by Crippen LogP contribution is 2.35. The molecule has 0 aliphatic heterocycles. The zero-order valence-electron chi connectivity index (χ0n) is 14.7. The molecular formula is C16H19F2N5O3S2. The molecule has 1 aromatic carbocycles. The SMILES string of the molecule is O=C(NNc1ccc(S(=O)(=O)C(F)F)cc1)Nc1nnc(C2CCCCC2)s1. The quantitative estimate of drug-likeness (QED) is 0.601. The van der Waals surface area contributed by atoms with Crippen molar-refractivity contribution in [3.8, 4) is 0 Å². The minimum absolute atomic E-state index is 0.323. The Morgan fingerprint density at radius 2 is 1.79 bits per heavy atom. The number of nitrogens with one attached hydrogen (secondary N) is 3. The minimum atomic E-state index is -4.65. The average molecular weight is 431 g/mol. The van der Waals surface area contributed by atoms with E-state index in [9.17, 15) is 22.0 Å². The minimum Gasteiger partial charge on any atom is -0.297 e. The van der Waals surface area contributed by atoms with Gasteiger partial charge in [0.1, 0.15) is 5.01 Å². The molecule has 1 aliphatic carbocycles. The lowest BCUT2D eigenvalue weighted by Gasteiger charge is -2.18. The van der Waals surface area contributed by atoms with E-state index in [4.69, 9.17) is 0 Å². The lowest BCUT2D eigenvalue weighted by Crippen LogP contribution is -2.33. The number of hydrazine groups is 1. The number of benzene rings is 1. The van der Waals surface area contributed by atoms with E-state index in [2.05, 4.69) is 26.4 Å². The highest BCUT2D eigenvalue weighted by Gasteiger charge is 2.26. The maximum absolute atomic E-state index is 12.5. The molecule has 1 heterocycles. The van der Waals surface area contributed by atoms with Crippen molar-refractivity contribution >= 4 is 38.0 Å². The largest absolute Gasteiger partial charge is 0.341 e. The van der Waals surface area contributed by atoms with Gasteiger partial charge in [-0.15, -0.1) is 10.2 Å². The molecule has 2 amide bonds. The molecule has 0 unspecified atom stereocenters. The molecule has 1 aliphatic rings. The number of carbonyl (C=O) groups excluding carboxylic acids is 1. The first kappa shape index (κ1) is 20.4. The number of hydrogen-bond acceptors (Lipinski definition) is 7. The molecular weight excluding hydrogens is 412 g/mol. The van der Waals surface area contributed by atoms with Crippen LogP contribution in [0.3, 0.4) is 0 Å². The fourth-order valence-electron chi connectivity index (χ4n) is 2.89. The van der Waals surface area contributed by atoms with E-state index in [1.807, 2.05) is 0 Å². The summed E-state index contributed by atoms with van der Waals surface area (Å²) >= 11 is 1.34. The van der Waals surface area contributed by atoms with Crippen LogP contribution in [0.5, 0.6) is 0 Å². The van der Waals surface area contributed by atoms with Crippen LogP contribution in [-0.4, -0.2) is 30.4 Å². The summed E-state index contributed by atoms with van der Waals surface area (Å²) in [4.78, 5) is 11.4. The van der Waals surface area contributed by atoms with Gasteiger partial charge < -0.3 is 0 Å². The Balaban J connectivity index is 1.51. The molecule has 2 aromatic rings. The molecule has 152 valence electrons. The third-order valence-corrected chi connectivity index (χ3v) is 6.75. The number of halogens is 2. The zero-order chi connectivity index (χ0) is 20.1. The summed E-state index contributed by atoms with van der Waals surface area (Å²) in [5.41, 5.74) is 5.24. The smallest absolute Gasteiger partial charge is 0.297 e. The van der Waals surface area contributed by atoms with Crippen LogP contribution in [-0.2, 0) is 9.84 Å². The predicted molar refractivity (Wildman–Crippen MR) is 101 cm³/mol. The van der Waals surface area contributed by atoms with Gasteiger partial charge in [0.2, 0.25) is 15.0 Å². The van der Waals surface area contributed by atoms with Crippen molar-refractivity contribution in [3.63, 3.8) is 0 Å². The second-order valence-electron chi connectivity index (χ2n) is 6.31. The number of hydrogen-bond donors (Lipinski definition) is 3. The Kier molecular flexibility index (Phi) is 6.39. The maximum Gasteiger partial charge on any atom is 0.341 e. The van der Waals surface area contributed by atoms with E-state index in [0.717, 1.165) is 30.0 Å². The van der Waals surface area contributed by atoms with Crippen LogP contribution in [0.1, 0.15) is 43.0 Å². The number of amides is 2. The Morgan fingerprint density at radius 1 is 1.11 bits per heavy atom. The van der Waals surface area contributed by atoms with Gasteiger partial charge in [-0.3, -0.25) is 16.2 Å². The van der Waals surface area contributed by atoms with Crippen molar-refractivity contribution in [2.75, 3.05) is 10.7 Å². The van der Waals surface area contributed by atoms with E-state index in [1.54, 1.807) is 0 Å². The zero-order valence-corrected chi connectivity index (χ0v) is 16.3. The monoisotopic (exact) mass is 431 g/mol. The summed E-state index contributed by atoms with van der Waals surface area (Å²) < 4.78 is 47.7. The van der Waals surface area contributed by atoms with E-state index in [0.29, 0.717) is 16.7 Å². The molecule has 1 fully saturated rings. The number of urea groups is 1. The highest BCUT2D eigenvalue weighted by atomic mass is 32.2. The van der Waals surface area contributed by atoms with Gasteiger partial charge in [0.25, 0.3) is 0 Å². The molecule has 0 radical (unpaired) electrons. The summed E-state index contributed by atoms with van der Waals surface area (Å²) in [6.45, 7) is 0. The molecule has 3 rings (SSSR count). The summed E-state index contributed by atoms with van der Waals surface area (Å²) in [5, 5.41) is 12.0. The standard InChI is InChI=1S/C16H19F2N5O3S2/c17-14(18)28(25,26)12-8-6-11(7-9-12)20-22-15(24)19-16-23-21-13(27-16)10-4-2-1-3-5-10/h6-10,14,20H,1-5H2,(H2,19,22,23,24). The number of nitrogens with zero attached hydrogens (tertiary/aromatic N) is 2. The number of anilines is 2. The van der Waals surface area contributed by atoms with Gasteiger partial charge in [-0.2, -0.15) is 8.78 Å². The van der Waals surface area contributed by atoms with Crippen molar-refractivity contribution in [3.05, 3.63) is 29.3 Å². The molecule has 3 N–H and O–H groups in total. The number of rotatable bonds is 6. The van der Waals surface area contributed by atoms with Gasteiger partial charge >= 0.3 is 11.8 Å². The van der Waals surface area contributed by atoms with Crippen LogP contribution in [0.15, 0.2) is 29.2 Å². The number of sulfone groups is 1. The van der Waals surface area contributed by atoms with Gasteiger partial charge in [-0.25, -0.2) is 13.2 Å². The molecule has 12 heteroatoms. The summed E-state index contributed by atoms with van der Waals surface area (Å²) in [5.74, 6) is -3.09. The second-order valence-corrected chi connectivity index (χ2v) is 9.24. The summed E-state index contributed by atoms with van der Waals surface area (Å²) in [7, 11) is -4.65. The lowest BCUT2D eigenvalue weighted by atomic mass is 9.90. The average Bonchev–Trinajstić information content (AvgIpc) is 3.15. The Hall–Kier alpha value is -2.34. The predicted octanol–water partition coefficient (Wildman–Crippen LogP) is 3.73. The fraction of sp³-hybridized carbons (Fsp3) is 0.438. The summed E-state index contributed by atoms with van der Waals surface area (Å²) in [6.07, 6.45) is 5.76. The Morgan fingerprint density at radius 3 is 2.43 bits per heavy atom. The summed E-state index contributed by atoms with van der Waals surface area (Å²) in [6, 6.07) is 4.01. The van der Waals surface area contributed by atoms with Crippen molar-refractivity contribution < 1.29 is 22.0 Å². The Labute approximate surface area is 164 Å². The van der Waals surface area contributed by atoms with E-state index in [-0.39, 0.29) is 0 Å². The first-order chi connectivity index (χ1) is 13.4. The molecule has 1 saturated carbocycles. The van der Waals surface area contributed by atoms with Gasteiger partial charge in [-0.05, 0) is 37.1 Å². The number of alkyl halides is 2. The molecule has 1 aromatic heterocycles. The van der Waals surface area contributed by atoms with Crippen LogP contribution in [0.4, 0.5) is 24.4 Å². The molecule has 28 heavy (non-hydrogen) atoms. The normalized spacial score (nSPS) is 15.4. The third kappa shape index (κ3) is 4.93. The van der Waals surface area contributed by atoms with Crippen LogP contribution in [0.2, 0.25) is 0 Å². The fourth-order valence-corrected chi connectivity index (χ4v) is 4.52. The van der Waals surface area contributed by atoms with Crippen LogP contribution in [0.25, 0.3) is 0 Å². The van der Waals surface area contributed by atoms with Crippen molar-refractivity contribution in [1.29, 1.82) is 0 Å². The number of aromatic nitrogens is 2. The Bertz CT molecular complexity index is 913. The molecule has 0 atom stereocenters. The van der Waals surface area contributed by atoms with Crippen molar-refractivity contribution in [2.24, 2.45) is 0 Å². The lowest BCUT2D eigenvalue weighted by molar-refractivity contribution is 0.234. The van der Waals surface area contributed by atoms with Gasteiger partial charge in [0, 0.05) is 5.92 Å². The first-order valence-electron chi connectivity index (χ1n) is 8.65. The van der Waals surface area contributed by atoms with Crippen LogP contribution >= 0.6 is 11.3 Å². The van der Waals surface area contributed by atoms with Crippen molar-refractivity contribution in [1.82, 2.24) is 15.6 Å². The topological polar surface area (TPSA) is 113 Å². The number of carbonyl (C=O) groups is 1. The van der Waals surface area contributed by atoms with Crippen molar-refractivity contribution in [2.45, 2.75) is 48.7 Å². The molecule has 0 spiro atoms. The second kappa shape index (κ2) is 8.78.